The van der Waals surface area contributed by atoms with Crippen LogP contribution in [0.5, 0.6) is 0 Å². The number of piperidine rings is 1. The van der Waals surface area contributed by atoms with Crippen molar-refractivity contribution < 1.29 is 14.4 Å². The molecule has 1 unspecified atom stereocenters. The first kappa shape index (κ1) is 24.2. The van der Waals surface area contributed by atoms with Crippen molar-refractivity contribution in [1.82, 2.24) is 15.5 Å². The van der Waals surface area contributed by atoms with Crippen LogP contribution in [0.15, 0.2) is 84.9 Å². The average molecular weight is 470 g/mol. The molecule has 0 aliphatic carbocycles. The van der Waals surface area contributed by atoms with Gasteiger partial charge in [0.25, 0.3) is 11.8 Å². The van der Waals surface area contributed by atoms with E-state index in [0.717, 1.165) is 11.1 Å². The first-order valence-electron chi connectivity index (χ1n) is 12.1. The Balaban J connectivity index is 1.35. The molecule has 0 radical (unpaired) electrons. The molecule has 1 fully saturated rings. The molecular formula is C29H31N3O3. The van der Waals surface area contributed by atoms with E-state index in [4.69, 9.17) is 0 Å². The van der Waals surface area contributed by atoms with Crippen LogP contribution in [0.25, 0.3) is 0 Å². The van der Waals surface area contributed by atoms with E-state index in [9.17, 15) is 14.4 Å². The van der Waals surface area contributed by atoms with E-state index in [-0.39, 0.29) is 30.2 Å². The zero-order valence-corrected chi connectivity index (χ0v) is 19.9. The van der Waals surface area contributed by atoms with E-state index >= 15 is 0 Å². The minimum atomic E-state index is -0.421. The van der Waals surface area contributed by atoms with Gasteiger partial charge in [-0.25, -0.2) is 0 Å². The highest BCUT2D eigenvalue weighted by molar-refractivity contribution is 5.96. The van der Waals surface area contributed by atoms with Gasteiger partial charge in [0.15, 0.2) is 0 Å². The molecule has 0 aromatic heterocycles. The molecule has 3 aromatic carbocycles. The summed E-state index contributed by atoms with van der Waals surface area (Å²) < 4.78 is 0. The van der Waals surface area contributed by atoms with Crippen LogP contribution in [0, 0.1) is 6.92 Å². The summed E-state index contributed by atoms with van der Waals surface area (Å²) in [6.45, 7) is 3.08. The maximum atomic E-state index is 13.2. The summed E-state index contributed by atoms with van der Waals surface area (Å²) in [5, 5.41) is 6.15. The summed E-state index contributed by atoms with van der Waals surface area (Å²) in [7, 11) is 0. The van der Waals surface area contributed by atoms with Crippen molar-refractivity contribution >= 4 is 17.7 Å². The lowest BCUT2D eigenvalue weighted by Crippen LogP contribution is -2.47. The lowest BCUT2D eigenvalue weighted by atomic mass is 10.00. The molecule has 0 spiro atoms. The number of benzene rings is 3. The summed E-state index contributed by atoms with van der Waals surface area (Å²) in [5.41, 5.74) is 3.09. The average Bonchev–Trinajstić information content (AvgIpc) is 2.90. The maximum absolute atomic E-state index is 13.2. The van der Waals surface area contributed by atoms with Crippen LogP contribution < -0.4 is 10.6 Å². The number of hydrogen-bond donors (Lipinski definition) is 2. The summed E-state index contributed by atoms with van der Waals surface area (Å²) in [6, 6.07) is 25.8. The van der Waals surface area contributed by atoms with Crippen LogP contribution in [0.4, 0.5) is 0 Å². The van der Waals surface area contributed by atoms with Crippen molar-refractivity contribution in [3.05, 3.63) is 107 Å². The number of amides is 3. The number of carbonyl (C=O) groups is 3. The van der Waals surface area contributed by atoms with Gasteiger partial charge in [0.1, 0.15) is 0 Å². The number of rotatable bonds is 7. The highest BCUT2D eigenvalue weighted by Crippen LogP contribution is 2.21. The predicted molar refractivity (Wildman–Crippen MR) is 136 cm³/mol. The normalized spacial score (nSPS) is 14.7. The fourth-order valence-corrected chi connectivity index (χ4v) is 4.44. The number of aryl methyl sites for hydroxylation is 1. The van der Waals surface area contributed by atoms with Gasteiger partial charge in [-0.1, -0.05) is 66.7 Å². The summed E-state index contributed by atoms with van der Waals surface area (Å²) in [5.74, 6) is -0.276. The van der Waals surface area contributed by atoms with Gasteiger partial charge in [0.2, 0.25) is 5.91 Å². The second kappa shape index (κ2) is 11.5. The second-order valence-electron chi connectivity index (χ2n) is 8.95. The molecule has 0 bridgehead atoms. The molecule has 3 aromatic rings. The monoisotopic (exact) mass is 469 g/mol. The lowest BCUT2D eigenvalue weighted by molar-refractivity contribution is -0.132. The second-order valence-corrected chi connectivity index (χ2v) is 8.95. The van der Waals surface area contributed by atoms with Gasteiger partial charge in [0, 0.05) is 30.3 Å². The Bertz CT molecular complexity index is 1160. The Labute approximate surface area is 206 Å². The smallest absolute Gasteiger partial charge is 0.251 e. The quantitative estimate of drug-likeness (QED) is 0.542. The molecule has 2 N–H and O–H groups in total. The molecule has 6 heteroatoms. The van der Waals surface area contributed by atoms with Crippen LogP contribution in [0.2, 0.25) is 0 Å². The highest BCUT2D eigenvalue weighted by atomic mass is 16.2. The van der Waals surface area contributed by atoms with Gasteiger partial charge in [0.05, 0.1) is 12.5 Å². The van der Waals surface area contributed by atoms with Crippen LogP contribution in [0.3, 0.4) is 0 Å². The number of likely N-dealkylation sites (tertiary alicyclic amines) is 1. The van der Waals surface area contributed by atoms with E-state index in [0.29, 0.717) is 37.1 Å². The maximum Gasteiger partial charge on any atom is 0.251 e. The standard InChI is InChI=1S/C29H31N3O3/c1-21-10-8-9-15-25(21)29(35)30-24-16-18-32(19-17-24)27(33)20-26(22-11-4-2-5-12-22)31-28(34)23-13-6-3-7-14-23/h2-15,24,26H,16-20H2,1H3,(H,30,35)(H,31,34). The molecule has 1 atom stereocenters. The van der Waals surface area contributed by atoms with Gasteiger partial charge in [-0.2, -0.15) is 0 Å². The Kier molecular flexibility index (Phi) is 7.93. The molecule has 180 valence electrons. The van der Waals surface area contributed by atoms with Crippen LogP contribution in [0.1, 0.15) is 57.1 Å². The fraction of sp³-hybridized carbons (Fsp3) is 0.276. The largest absolute Gasteiger partial charge is 0.349 e. The summed E-state index contributed by atoms with van der Waals surface area (Å²) in [6.07, 6.45) is 1.59. The lowest BCUT2D eigenvalue weighted by Gasteiger charge is -2.33. The van der Waals surface area contributed by atoms with Crippen molar-refractivity contribution in [2.75, 3.05) is 13.1 Å². The number of nitrogens with one attached hydrogen (secondary N) is 2. The topological polar surface area (TPSA) is 78.5 Å². The summed E-state index contributed by atoms with van der Waals surface area (Å²) >= 11 is 0. The highest BCUT2D eigenvalue weighted by Gasteiger charge is 2.27. The van der Waals surface area contributed by atoms with Gasteiger partial charge in [-0.05, 0) is 49.1 Å². The molecule has 1 aliphatic rings. The molecular weight excluding hydrogens is 438 g/mol. The fourth-order valence-electron chi connectivity index (χ4n) is 4.44. The zero-order chi connectivity index (χ0) is 24.6. The summed E-state index contributed by atoms with van der Waals surface area (Å²) in [4.78, 5) is 40.5. The Morgan fingerprint density at radius 1 is 0.829 bits per heavy atom. The molecule has 3 amide bonds. The van der Waals surface area contributed by atoms with Crippen molar-refractivity contribution in [1.29, 1.82) is 0 Å². The zero-order valence-electron chi connectivity index (χ0n) is 19.9. The predicted octanol–water partition coefficient (Wildman–Crippen LogP) is 4.28. The van der Waals surface area contributed by atoms with Crippen molar-refractivity contribution in [3.8, 4) is 0 Å². The molecule has 0 saturated carbocycles. The first-order valence-corrected chi connectivity index (χ1v) is 12.1. The van der Waals surface area contributed by atoms with Gasteiger partial charge in [-0.3, -0.25) is 14.4 Å². The number of carbonyl (C=O) groups excluding carboxylic acids is 3. The molecule has 1 saturated heterocycles. The van der Waals surface area contributed by atoms with Crippen LogP contribution >= 0.6 is 0 Å². The van der Waals surface area contributed by atoms with Gasteiger partial charge >= 0.3 is 0 Å². The third-order valence-corrected chi connectivity index (χ3v) is 6.49. The van der Waals surface area contributed by atoms with E-state index in [1.54, 1.807) is 12.1 Å². The third kappa shape index (κ3) is 6.35. The molecule has 6 nitrogen and oxygen atoms in total. The number of hydrogen-bond acceptors (Lipinski definition) is 3. The van der Waals surface area contributed by atoms with Crippen molar-refractivity contribution in [3.63, 3.8) is 0 Å². The molecule has 1 heterocycles. The molecule has 1 aliphatic heterocycles. The van der Waals surface area contributed by atoms with E-state index in [1.807, 2.05) is 84.6 Å². The SMILES string of the molecule is Cc1ccccc1C(=O)NC1CCN(C(=O)CC(NC(=O)c2ccccc2)c2ccccc2)CC1. The van der Waals surface area contributed by atoms with Crippen molar-refractivity contribution in [2.45, 2.75) is 38.3 Å². The van der Waals surface area contributed by atoms with E-state index in [1.165, 1.54) is 0 Å². The van der Waals surface area contributed by atoms with Gasteiger partial charge < -0.3 is 15.5 Å². The first-order chi connectivity index (χ1) is 17.0. The van der Waals surface area contributed by atoms with Crippen LogP contribution in [-0.2, 0) is 4.79 Å². The Hall–Kier alpha value is -3.93. The van der Waals surface area contributed by atoms with Gasteiger partial charge in [-0.15, -0.1) is 0 Å². The Morgan fingerprint density at radius 3 is 2.09 bits per heavy atom. The molecule has 4 rings (SSSR count). The van der Waals surface area contributed by atoms with E-state index < -0.39 is 6.04 Å². The molecule has 35 heavy (non-hydrogen) atoms. The van der Waals surface area contributed by atoms with Crippen molar-refractivity contribution in [2.24, 2.45) is 0 Å². The Morgan fingerprint density at radius 2 is 1.43 bits per heavy atom. The minimum absolute atomic E-state index is 0.00380. The third-order valence-electron chi connectivity index (χ3n) is 6.49. The minimum Gasteiger partial charge on any atom is -0.349 e. The number of nitrogens with zero attached hydrogens (tertiary/aromatic N) is 1. The van der Waals surface area contributed by atoms with E-state index in [2.05, 4.69) is 10.6 Å². The van der Waals surface area contributed by atoms with Crippen LogP contribution in [-0.4, -0.2) is 41.8 Å².